The van der Waals surface area contributed by atoms with Gasteiger partial charge in [-0.25, -0.2) is 17.9 Å². The third-order valence-electron chi connectivity index (χ3n) is 4.70. The molecule has 0 aliphatic heterocycles. The van der Waals surface area contributed by atoms with Crippen LogP contribution in [0, 0.1) is 17.5 Å². The normalized spacial score (nSPS) is 11.4. The molecule has 12 heteroatoms. The highest BCUT2D eigenvalue weighted by atomic mass is 19.4. The number of nitrogens with zero attached hydrogens (tertiary/aromatic N) is 3. The van der Waals surface area contributed by atoms with Gasteiger partial charge >= 0.3 is 6.18 Å². The summed E-state index contributed by atoms with van der Waals surface area (Å²) in [7, 11) is 0. The summed E-state index contributed by atoms with van der Waals surface area (Å²) < 4.78 is 87.6. The predicted octanol–water partition coefficient (Wildman–Crippen LogP) is 5.53. The lowest BCUT2D eigenvalue weighted by atomic mass is 10.2. The van der Waals surface area contributed by atoms with E-state index in [0.717, 1.165) is 36.4 Å². The molecule has 6 nitrogen and oxygen atoms in total. The van der Waals surface area contributed by atoms with E-state index in [9.17, 15) is 31.1 Å². The summed E-state index contributed by atoms with van der Waals surface area (Å²) in [5.41, 5.74) is -2.44. The Hall–Kier alpha value is -4.35. The molecular formula is C23H14F6N4O2. The number of alkyl halides is 3. The summed E-state index contributed by atoms with van der Waals surface area (Å²) >= 11 is 0. The van der Waals surface area contributed by atoms with E-state index in [4.69, 9.17) is 4.74 Å². The first-order valence-electron chi connectivity index (χ1n) is 9.89. The molecule has 0 unspecified atom stereocenters. The number of rotatable bonds is 6. The monoisotopic (exact) mass is 492 g/mol. The Morgan fingerprint density at radius 2 is 1.69 bits per heavy atom. The van der Waals surface area contributed by atoms with Gasteiger partial charge in [0, 0.05) is 11.8 Å². The Morgan fingerprint density at radius 3 is 2.34 bits per heavy atom. The minimum atomic E-state index is -5.04. The van der Waals surface area contributed by atoms with Crippen molar-refractivity contribution < 1.29 is 35.9 Å². The number of amides is 1. The second kappa shape index (κ2) is 9.49. The molecule has 1 aromatic heterocycles. The van der Waals surface area contributed by atoms with Gasteiger partial charge in [-0.3, -0.25) is 4.79 Å². The summed E-state index contributed by atoms with van der Waals surface area (Å²) in [6.45, 7) is -0.137. The second-order valence-electron chi connectivity index (χ2n) is 7.19. The van der Waals surface area contributed by atoms with E-state index in [2.05, 4.69) is 15.6 Å². The van der Waals surface area contributed by atoms with Gasteiger partial charge in [0.05, 0.1) is 5.69 Å². The molecule has 0 aliphatic carbocycles. The fraction of sp³-hybridized carbons (Fsp3) is 0.0870. The van der Waals surface area contributed by atoms with Crippen molar-refractivity contribution in [2.24, 2.45) is 0 Å². The molecule has 0 atom stereocenters. The number of nitrogens with one attached hydrogen (secondary N) is 1. The number of aromatic nitrogens is 3. The lowest BCUT2D eigenvalue weighted by Gasteiger charge is -2.12. The van der Waals surface area contributed by atoms with Crippen molar-refractivity contribution in [2.45, 2.75) is 12.8 Å². The fourth-order valence-corrected chi connectivity index (χ4v) is 3.13. The first kappa shape index (κ1) is 23.8. The van der Waals surface area contributed by atoms with E-state index in [-0.39, 0.29) is 23.7 Å². The number of carbonyl (C=O) groups is 1. The molecule has 35 heavy (non-hydrogen) atoms. The Labute approximate surface area is 193 Å². The molecule has 4 rings (SSSR count). The zero-order valence-electron chi connectivity index (χ0n) is 17.5. The first-order chi connectivity index (χ1) is 16.6. The lowest BCUT2D eigenvalue weighted by Crippen LogP contribution is -2.21. The van der Waals surface area contributed by atoms with Crippen molar-refractivity contribution in [3.8, 4) is 11.4 Å². The van der Waals surface area contributed by atoms with E-state index in [0.29, 0.717) is 10.2 Å². The molecule has 0 bridgehead atoms. The van der Waals surface area contributed by atoms with Crippen molar-refractivity contribution in [2.75, 3.05) is 5.32 Å². The highest BCUT2D eigenvalue weighted by Crippen LogP contribution is 2.33. The maximum absolute atomic E-state index is 14.4. The number of halogens is 6. The van der Waals surface area contributed by atoms with E-state index < -0.39 is 40.9 Å². The molecule has 0 saturated heterocycles. The van der Waals surface area contributed by atoms with Gasteiger partial charge in [0.1, 0.15) is 18.2 Å². The van der Waals surface area contributed by atoms with Crippen LogP contribution >= 0.6 is 0 Å². The maximum atomic E-state index is 14.4. The summed E-state index contributed by atoms with van der Waals surface area (Å²) in [6, 6.07) is 12.6. The average Bonchev–Trinajstić information content (AvgIpc) is 3.25. The number of hydrogen-bond donors (Lipinski definition) is 1. The topological polar surface area (TPSA) is 69.0 Å². The van der Waals surface area contributed by atoms with Crippen LogP contribution in [0.4, 0.5) is 32.0 Å². The lowest BCUT2D eigenvalue weighted by molar-refractivity contribution is -0.143. The Kier molecular flexibility index (Phi) is 6.45. The Morgan fingerprint density at radius 1 is 0.943 bits per heavy atom. The van der Waals surface area contributed by atoms with Crippen LogP contribution < -0.4 is 10.1 Å². The summed E-state index contributed by atoms with van der Waals surface area (Å²) in [6.07, 6.45) is -5.04. The zero-order valence-corrected chi connectivity index (χ0v) is 17.5. The van der Waals surface area contributed by atoms with Crippen LogP contribution in [-0.2, 0) is 12.8 Å². The van der Waals surface area contributed by atoms with E-state index in [1.54, 1.807) is 6.07 Å². The Balaban J connectivity index is 1.53. The maximum Gasteiger partial charge on any atom is 0.435 e. The SMILES string of the molecule is O=C(Nc1ccc(OCc2cccc(F)c2)c(F)c1)c1nnn(-c2ccc(F)cc2)c1C(F)(F)F. The molecule has 0 spiro atoms. The van der Waals surface area contributed by atoms with Gasteiger partial charge in [-0.05, 0) is 54.1 Å². The molecule has 4 aromatic rings. The van der Waals surface area contributed by atoms with Gasteiger partial charge in [0.25, 0.3) is 5.91 Å². The van der Waals surface area contributed by atoms with Crippen LogP contribution in [-0.4, -0.2) is 20.9 Å². The molecular weight excluding hydrogens is 478 g/mol. The Bertz CT molecular complexity index is 1370. The number of carbonyl (C=O) groups excluding carboxylic acids is 1. The van der Waals surface area contributed by atoms with Crippen LogP contribution in [0.1, 0.15) is 21.7 Å². The van der Waals surface area contributed by atoms with Crippen LogP contribution in [0.15, 0.2) is 66.7 Å². The van der Waals surface area contributed by atoms with Crippen LogP contribution in [0.5, 0.6) is 5.75 Å². The van der Waals surface area contributed by atoms with Crippen LogP contribution in [0.3, 0.4) is 0 Å². The largest absolute Gasteiger partial charge is 0.486 e. The summed E-state index contributed by atoms with van der Waals surface area (Å²) in [4.78, 5) is 12.5. The first-order valence-corrected chi connectivity index (χ1v) is 9.89. The van der Waals surface area contributed by atoms with Gasteiger partial charge in [-0.1, -0.05) is 17.3 Å². The average molecular weight is 492 g/mol. The number of ether oxygens (including phenoxy) is 1. The highest BCUT2D eigenvalue weighted by Gasteiger charge is 2.42. The fourth-order valence-electron chi connectivity index (χ4n) is 3.13. The molecule has 3 aromatic carbocycles. The van der Waals surface area contributed by atoms with Gasteiger partial charge < -0.3 is 10.1 Å². The van der Waals surface area contributed by atoms with Gasteiger partial charge in [-0.15, -0.1) is 5.10 Å². The standard InChI is InChI=1S/C23H14F6N4O2/c24-14-4-7-17(8-5-14)33-21(23(27,28)29)20(31-32-33)22(34)30-16-6-9-19(18(26)11-16)35-12-13-2-1-3-15(25)10-13/h1-11H,12H2,(H,30,34). The zero-order chi connectivity index (χ0) is 25.2. The molecule has 0 radical (unpaired) electrons. The van der Waals surface area contributed by atoms with Crippen molar-refractivity contribution >= 4 is 11.6 Å². The van der Waals surface area contributed by atoms with Crippen molar-refractivity contribution in [1.82, 2.24) is 15.0 Å². The van der Waals surface area contributed by atoms with E-state index in [1.807, 2.05) is 0 Å². The summed E-state index contributed by atoms with van der Waals surface area (Å²) in [5.74, 6) is -3.58. The van der Waals surface area contributed by atoms with E-state index >= 15 is 0 Å². The molecule has 1 amide bonds. The van der Waals surface area contributed by atoms with E-state index in [1.165, 1.54) is 24.3 Å². The minimum absolute atomic E-state index is 0.137. The van der Waals surface area contributed by atoms with Crippen molar-refractivity contribution in [3.05, 3.63) is 101 Å². The van der Waals surface area contributed by atoms with Crippen LogP contribution in [0.25, 0.3) is 5.69 Å². The van der Waals surface area contributed by atoms with Crippen molar-refractivity contribution in [1.29, 1.82) is 0 Å². The molecule has 1 N–H and O–H groups in total. The molecule has 0 aliphatic rings. The molecule has 0 saturated carbocycles. The van der Waals surface area contributed by atoms with Gasteiger partial charge in [0.15, 0.2) is 23.0 Å². The number of anilines is 1. The number of benzene rings is 3. The third kappa shape index (κ3) is 5.42. The smallest absolute Gasteiger partial charge is 0.435 e. The number of hydrogen-bond acceptors (Lipinski definition) is 4. The third-order valence-corrected chi connectivity index (χ3v) is 4.70. The van der Waals surface area contributed by atoms with Gasteiger partial charge in [0.2, 0.25) is 0 Å². The predicted molar refractivity (Wildman–Crippen MR) is 111 cm³/mol. The van der Waals surface area contributed by atoms with Crippen molar-refractivity contribution in [3.63, 3.8) is 0 Å². The molecule has 0 fully saturated rings. The van der Waals surface area contributed by atoms with Crippen LogP contribution in [0.2, 0.25) is 0 Å². The summed E-state index contributed by atoms with van der Waals surface area (Å²) in [5, 5.41) is 8.84. The highest BCUT2D eigenvalue weighted by molar-refractivity contribution is 6.03. The quantitative estimate of drug-likeness (QED) is 0.359. The molecule has 1 heterocycles. The molecule has 180 valence electrons. The van der Waals surface area contributed by atoms with Gasteiger partial charge in [-0.2, -0.15) is 13.2 Å². The minimum Gasteiger partial charge on any atom is -0.486 e. The second-order valence-corrected chi connectivity index (χ2v) is 7.19.